The second-order valence-corrected chi connectivity index (χ2v) is 5.88. The Hall–Kier alpha value is -0.0800. The Balaban J connectivity index is 0.000000181. The van der Waals surface area contributed by atoms with Gasteiger partial charge in [0.15, 0.2) is 0 Å². The Morgan fingerprint density at radius 3 is 2.06 bits per heavy atom. The van der Waals surface area contributed by atoms with Gasteiger partial charge < -0.3 is 9.47 Å². The standard InChI is InChI=1S/C9H18O.C6H12O/c1-8-6-4-5-7-10-9(8,2)3;1-2-4-6-7-5-3-1/h8H,4-7H2,1-3H3;1-6H2. The first-order chi connectivity index (χ1) is 8.13. The number of rotatable bonds is 0. The highest BCUT2D eigenvalue weighted by molar-refractivity contribution is 4.78. The molecule has 2 aliphatic rings. The third-order valence-corrected chi connectivity index (χ3v) is 4.02. The third kappa shape index (κ3) is 6.42. The van der Waals surface area contributed by atoms with Gasteiger partial charge in [-0.1, -0.05) is 26.2 Å². The second kappa shape index (κ2) is 8.10. The quantitative estimate of drug-likeness (QED) is 0.634. The molecule has 0 amide bonds. The summed E-state index contributed by atoms with van der Waals surface area (Å²) in [6.07, 6.45) is 9.21. The highest BCUT2D eigenvalue weighted by Crippen LogP contribution is 2.28. The summed E-state index contributed by atoms with van der Waals surface area (Å²) in [5.74, 6) is 0.718. The second-order valence-electron chi connectivity index (χ2n) is 5.88. The lowest BCUT2D eigenvalue weighted by molar-refractivity contribution is -0.0437. The first-order valence-corrected chi connectivity index (χ1v) is 7.34. The summed E-state index contributed by atoms with van der Waals surface area (Å²) in [6, 6.07) is 0. The van der Waals surface area contributed by atoms with Crippen molar-refractivity contribution in [3.8, 4) is 0 Å². The predicted molar refractivity (Wildman–Crippen MR) is 72.3 cm³/mol. The summed E-state index contributed by atoms with van der Waals surface area (Å²) >= 11 is 0. The zero-order chi connectivity index (χ0) is 12.6. The van der Waals surface area contributed by atoms with E-state index in [1.807, 2.05) is 0 Å². The van der Waals surface area contributed by atoms with E-state index in [-0.39, 0.29) is 5.60 Å². The Morgan fingerprint density at radius 1 is 0.824 bits per heavy atom. The van der Waals surface area contributed by atoms with Gasteiger partial charge in [-0.05, 0) is 45.4 Å². The van der Waals surface area contributed by atoms with Gasteiger partial charge in [0.25, 0.3) is 0 Å². The average Bonchev–Trinajstić information content (AvgIpc) is 2.66. The molecule has 0 spiro atoms. The maximum atomic E-state index is 5.70. The maximum Gasteiger partial charge on any atom is 0.0651 e. The molecule has 2 aliphatic heterocycles. The van der Waals surface area contributed by atoms with Gasteiger partial charge in [0.2, 0.25) is 0 Å². The number of ether oxygens (including phenoxy) is 2. The fourth-order valence-corrected chi connectivity index (χ4v) is 2.24. The van der Waals surface area contributed by atoms with E-state index in [9.17, 15) is 0 Å². The first kappa shape index (κ1) is 15.0. The lowest BCUT2D eigenvalue weighted by Gasteiger charge is -2.29. The summed E-state index contributed by atoms with van der Waals surface area (Å²) < 4.78 is 10.9. The highest BCUT2D eigenvalue weighted by atomic mass is 16.5. The largest absolute Gasteiger partial charge is 0.381 e. The van der Waals surface area contributed by atoms with Crippen LogP contribution in [0.3, 0.4) is 0 Å². The lowest BCUT2D eigenvalue weighted by Crippen LogP contribution is -2.31. The minimum Gasteiger partial charge on any atom is -0.381 e. The first-order valence-electron chi connectivity index (χ1n) is 7.34. The summed E-state index contributed by atoms with van der Waals surface area (Å²) in [6.45, 7) is 9.63. The molecule has 0 bridgehead atoms. The topological polar surface area (TPSA) is 18.5 Å². The van der Waals surface area contributed by atoms with E-state index >= 15 is 0 Å². The van der Waals surface area contributed by atoms with Gasteiger partial charge in [-0.2, -0.15) is 0 Å². The van der Waals surface area contributed by atoms with Crippen molar-refractivity contribution in [2.75, 3.05) is 19.8 Å². The zero-order valence-corrected chi connectivity index (χ0v) is 12.0. The molecule has 0 aromatic rings. The van der Waals surface area contributed by atoms with Crippen LogP contribution < -0.4 is 0 Å². The van der Waals surface area contributed by atoms with E-state index in [0.29, 0.717) is 0 Å². The molecule has 2 fully saturated rings. The van der Waals surface area contributed by atoms with Crippen LogP contribution in [-0.2, 0) is 9.47 Å². The van der Waals surface area contributed by atoms with Crippen molar-refractivity contribution in [3.05, 3.63) is 0 Å². The van der Waals surface area contributed by atoms with Gasteiger partial charge in [-0.3, -0.25) is 0 Å². The monoisotopic (exact) mass is 242 g/mol. The van der Waals surface area contributed by atoms with Crippen molar-refractivity contribution in [1.82, 2.24) is 0 Å². The molecule has 1 unspecified atom stereocenters. The average molecular weight is 242 g/mol. The van der Waals surface area contributed by atoms with Crippen LogP contribution in [-0.4, -0.2) is 25.4 Å². The molecule has 1 atom stereocenters. The summed E-state index contributed by atoms with van der Waals surface area (Å²) in [5.41, 5.74) is 0.122. The molecule has 0 aliphatic carbocycles. The van der Waals surface area contributed by atoms with Gasteiger partial charge in [0, 0.05) is 19.8 Å². The molecule has 2 heteroatoms. The van der Waals surface area contributed by atoms with E-state index in [0.717, 1.165) is 25.7 Å². The molecule has 0 aromatic heterocycles. The normalized spacial score (nSPS) is 29.5. The van der Waals surface area contributed by atoms with Gasteiger partial charge >= 0.3 is 0 Å². The van der Waals surface area contributed by atoms with Crippen LogP contribution >= 0.6 is 0 Å². The molecular weight excluding hydrogens is 212 g/mol. The zero-order valence-electron chi connectivity index (χ0n) is 12.0. The van der Waals surface area contributed by atoms with Crippen LogP contribution in [0.4, 0.5) is 0 Å². The number of hydrogen-bond acceptors (Lipinski definition) is 2. The van der Waals surface area contributed by atoms with E-state index in [1.165, 1.54) is 44.9 Å². The molecule has 0 saturated carbocycles. The Labute approximate surface area is 107 Å². The fraction of sp³-hybridized carbons (Fsp3) is 1.00. The SMILES string of the molecule is C1CCCOCC1.CC1CCCCOC1(C)C. The minimum absolute atomic E-state index is 0.122. The molecule has 102 valence electrons. The summed E-state index contributed by atoms with van der Waals surface area (Å²) in [5, 5.41) is 0. The van der Waals surface area contributed by atoms with Crippen LogP contribution in [0.25, 0.3) is 0 Å². The Morgan fingerprint density at radius 2 is 1.41 bits per heavy atom. The van der Waals surface area contributed by atoms with Crippen LogP contribution in [0, 0.1) is 5.92 Å². The Kier molecular flexibility index (Phi) is 7.14. The Bertz CT molecular complexity index is 170. The maximum absolute atomic E-state index is 5.70. The van der Waals surface area contributed by atoms with E-state index in [2.05, 4.69) is 20.8 Å². The molecule has 0 aromatic carbocycles. The van der Waals surface area contributed by atoms with E-state index < -0.39 is 0 Å². The van der Waals surface area contributed by atoms with Crippen LogP contribution in [0.5, 0.6) is 0 Å². The van der Waals surface area contributed by atoms with Gasteiger partial charge in [0.1, 0.15) is 0 Å². The molecule has 2 heterocycles. The number of hydrogen-bond donors (Lipinski definition) is 0. The molecule has 0 N–H and O–H groups in total. The van der Waals surface area contributed by atoms with Crippen LogP contribution in [0.2, 0.25) is 0 Å². The smallest absolute Gasteiger partial charge is 0.0651 e. The van der Waals surface area contributed by atoms with Crippen molar-refractivity contribution in [2.45, 2.75) is 71.3 Å². The van der Waals surface area contributed by atoms with Crippen molar-refractivity contribution >= 4 is 0 Å². The van der Waals surface area contributed by atoms with Gasteiger partial charge in [0.05, 0.1) is 5.60 Å². The lowest BCUT2D eigenvalue weighted by atomic mass is 9.89. The van der Waals surface area contributed by atoms with Crippen LogP contribution in [0.1, 0.15) is 65.7 Å². The van der Waals surface area contributed by atoms with Crippen molar-refractivity contribution in [3.63, 3.8) is 0 Å². The highest BCUT2D eigenvalue weighted by Gasteiger charge is 2.27. The summed E-state index contributed by atoms with van der Waals surface area (Å²) in [7, 11) is 0. The van der Waals surface area contributed by atoms with Crippen molar-refractivity contribution in [2.24, 2.45) is 5.92 Å². The summed E-state index contributed by atoms with van der Waals surface area (Å²) in [4.78, 5) is 0. The minimum atomic E-state index is 0.122. The molecule has 2 rings (SSSR count). The predicted octanol–water partition coefficient (Wildman–Crippen LogP) is 4.18. The molecule has 2 nitrogen and oxygen atoms in total. The molecule has 17 heavy (non-hydrogen) atoms. The van der Waals surface area contributed by atoms with E-state index in [4.69, 9.17) is 9.47 Å². The third-order valence-electron chi connectivity index (χ3n) is 4.02. The molecule has 2 saturated heterocycles. The van der Waals surface area contributed by atoms with Crippen LogP contribution in [0.15, 0.2) is 0 Å². The van der Waals surface area contributed by atoms with Crippen molar-refractivity contribution < 1.29 is 9.47 Å². The molecular formula is C15H30O2. The van der Waals surface area contributed by atoms with Gasteiger partial charge in [-0.25, -0.2) is 0 Å². The van der Waals surface area contributed by atoms with Crippen molar-refractivity contribution in [1.29, 1.82) is 0 Å². The fourth-order valence-electron chi connectivity index (χ4n) is 2.24. The van der Waals surface area contributed by atoms with E-state index in [1.54, 1.807) is 0 Å². The molecule has 0 radical (unpaired) electrons. The van der Waals surface area contributed by atoms with Gasteiger partial charge in [-0.15, -0.1) is 0 Å².